The second kappa shape index (κ2) is 11.4. The van der Waals surface area contributed by atoms with Gasteiger partial charge in [-0.2, -0.15) is 0 Å². The predicted octanol–water partition coefficient (Wildman–Crippen LogP) is 1.65. The van der Waals surface area contributed by atoms with Crippen molar-refractivity contribution in [1.29, 1.82) is 0 Å². The van der Waals surface area contributed by atoms with E-state index in [9.17, 15) is 14.4 Å². The normalized spacial score (nSPS) is 15.7. The van der Waals surface area contributed by atoms with Crippen LogP contribution in [0.2, 0.25) is 0 Å². The Bertz CT molecular complexity index is 642. The monoisotopic (exact) mass is 389 g/mol. The van der Waals surface area contributed by atoms with Crippen molar-refractivity contribution in [2.75, 3.05) is 33.4 Å². The van der Waals surface area contributed by atoms with E-state index >= 15 is 0 Å². The predicted molar refractivity (Wildman–Crippen MR) is 106 cm³/mol. The number of ether oxygens (including phenoxy) is 1. The fourth-order valence-corrected chi connectivity index (χ4v) is 3.45. The Hall–Kier alpha value is -2.41. The Balaban J connectivity index is 1.83. The largest absolute Gasteiger partial charge is 0.385 e. The minimum absolute atomic E-state index is 0.00144. The first-order chi connectivity index (χ1) is 13.5. The SMILES string of the molecule is COCCCNC(=O)C1CCN(C(=O)CC(NC(C)=O)c2ccccc2)CC1. The number of rotatable bonds is 9. The Kier molecular flexibility index (Phi) is 8.94. The number of likely N-dealkylation sites (tertiary alicyclic amines) is 1. The molecule has 0 bridgehead atoms. The average Bonchev–Trinajstić information content (AvgIpc) is 2.71. The van der Waals surface area contributed by atoms with Crippen molar-refractivity contribution in [2.24, 2.45) is 5.92 Å². The molecule has 28 heavy (non-hydrogen) atoms. The summed E-state index contributed by atoms with van der Waals surface area (Å²) in [6, 6.07) is 9.17. The zero-order chi connectivity index (χ0) is 20.4. The molecule has 2 N–H and O–H groups in total. The zero-order valence-electron chi connectivity index (χ0n) is 16.8. The summed E-state index contributed by atoms with van der Waals surface area (Å²) in [4.78, 5) is 38.3. The molecule has 7 nitrogen and oxygen atoms in total. The van der Waals surface area contributed by atoms with E-state index in [0.717, 1.165) is 12.0 Å². The molecule has 3 amide bonds. The number of hydrogen-bond acceptors (Lipinski definition) is 4. The number of hydrogen-bond donors (Lipinski definition) is 2. The van der Waals surface area contributed by atoms with Gasteiger partial charge in [0.25, 0.3) is 0 Å². The molecular weight excluding hydrogens is 358 g/mol. The number of piperidine rings is 1. The molecule has 2 rings (SSSR count). The Morgan fingerprint density at radius 1 is 1.18 bits per heavy atom. The summed E-state index contributed by atoms with van der Waals surface area (Å²) < 4.78 is 4.98. The van der Waals surface area contributed by atoms with Crippen molar-refractivity contribution >= 4 is 17.7 Å². The molecule has 0 aromatic heterocycles. The van der Waals surface area contributed by atoms with E-state index in [-0.39, 0.29) is 36.1 Å². The molecule has 0 saturated carbocycles. The van der Waals surface area contributed by atoms with Gasteiger partial charge in [0.1, 0.15) is 0 Å². The molecule has 1 aliphatic rings. The number of carbonyl (C=O) groups excluding carboxylic acids is 3. The first kappa shape index (κ1) is 21.9. The minimum atomic E-state index is -0.340. The van der Waals surface area contributed by atoms with Crippen molar-refractivity contribution in [2.45, 2.75) is 38.6 Å². The van der Waals surface area contributed by atoms with Crippen LogP contribution in [0.1, 0.15) is 44.2 Å². The summed E-state index contributed by atoms with van der Waals surface area (Å²) in [5.74, 6) is -0.150. The molecule has 0 radical (unpaired) electrons. The molecule has 0 aliphatic carbocycles. The van der Waals surface area contributed by atoms with Crippen LogP contribution in [0, 0.1) is 5.92 Å². The van der Waals surface area contributed by atoms with Crippen molar-refractivity contribution in [3.05, 3.63) is 35.9 Å². The van der Waals surface area contributed by atoms with Crippen LogP contribution >= 0.6 is 0 Å². The topological polar surface area (TPSA) is 87.7 Å². The Morgan fingerprint density at radius 2 is 1.86 bits per heavy atom. The Morgan fingerprint density at radius 3 is 2.46 bits per heavy atom. The molecule has 0 spiro atoms. The van der Waals surface area contributed by atoms with Gasteiger partial charge in [-0.25, -0.2) is 0 Å². The van der Waals surface area contributed by atoms with Crippen LogP contribution in [0.4, 0.5) is 0 Å². The lowest BCUT2D eigenvalue weighted by atomic mass is 9.95. The first-order valence-electron chi connectivity index (χ1n) is 9.87. The van der Waals surface area contributed by atoms with Crippen molar-refractivity contribution < 1.29 is 19.1 Å². The fraction of sp³-hybridized carbons (Fsp3) is 0.571. The van der Waals surface area contributed by atoms with E-state index in [1.165, 1.54) is 6.92 Å². The maximum absolute atomic E-state index is 12.7. The summed E-state index contributed by atoms with van der Waals surface area (Å²) >= 11 is 0. The van der Waals surface area contributed by atoms with Crippen molar-refractivity contribution in [1.82, 2.24) is 15.5 Å². The summed E-state index contributed by atoms with van der Waals surface area (Å²) in [7, 11) is 1.64. The van der Waals surface area contributed by atoms with Gasteiger partial charge in [0, 0.05) is 46.2 Å². The van der Waals surface area contributed by atoms with E-state index in [4.69, 9.17) is 4.74 Å². The van der Waals surface area contributed by atoms with Gasteiger partial charge < -0.3 is 20.3 Å². The van der Waals surface area contributed by atoms with Gasteiger partial charge in [-0.3, -0.25) is 14.4 Å². The van der Waals surface area contributed by atoms with Gasteiger partial charge in [-0.15, -0.1) is 0 Å². The van der Waals surface area contributed by atoms with Crippen molar-refractivity contribution in [3.8, 4) is 0 Å². The summed E-state index contributed by atoms with van der Waals surface area (Å²) in [5.41, 5.74) is 0.913. The number of amides is 3. The standard InChI is InChI=1S/C21H31N3O4/c1-16(25)23-19(17-7-4-3-5-8-17)15-20(26)24-12-9-18(10-13-24)21(27)22-11-6-14-28-2/h3-5,7-8,18-19H,6,9-15H2,1-2H3,(H,22,27)(H,23,25). The molecule has 1 unspecified atom stereocenters. The third kappa shape index (κ3) is 6.96. The summed E-state index contributed by atoms with van der Waals surface area (Å²) in [6.45, 7) is 3.83. The quantitative estimate of drug-likeness (QED) is 0.629. The molecule has 1 aromatic rings. The van der Waals surface area contributed by atoms with Crippen molar-refractivity contribution in [3.63, 3.8) is 0 Å². The second-order valence-corrected chi connectivity index (χ2v) is 7.16. The third-order valence-electron chi connectivity index (χ3n) is 5.00. The fourth-order valence-electron chi connectivity index (χ4n) is 3.45. The molecular formula is C21H31N3O4. The number of nitrogens with zero attached hydrogens (tertiary/aromatic N) is 1. The molecule has 154 valence electrons. The van der Waals surface area contributed by atoms with Gasteiger partial charge in [0.2, 0.25) is 17.7 Å². The number of benzene rings is 1. The third-order valence-corrected chi connectivity index (χ3v) is 5.00. The van der Waals surface area contributed by atoms with E-state index in [0.29, 0.717) is 39.1 Å². The van der Waals surface area contributed by atoms with Crippen LogP contribution in [-0.2, 0) is 19.1 Å². The van der Waals surface area contributed by atoms with Gasteiger partial charge in [-0.05, 0) is 24.8 Å². The van der Waals surface area contributed by atoms with E-state index in [2.05, 4.69) is 10.6 Å². The molecule has 7 heteroatoms. The average molecular weight is 389 g/mol. The van der Waals surface area contributed by atoms with E-state index < -0.39 is 0 Å². The highest BCUT2D eigenvalue weighted by atomic mass is 16.5. The van der Waals surface area contributed by atoms with Gasteiger partial charge in [0.15, 0.2) is 0 Å². The summed E-state index contributed by atoms with van der Waals surface area (Å²) in [5, 5.41) is 5.80. The highest BCUT2D eigenvalue weighted by Crippen LogP contribution is 2.22. The van der Waals surface area contributed by atoms with Crippen LogP contribution in [0.15, 0.2) is 30.3 Å². The molecule has 1 atom stereocenters. The summed E-state index contributed by atoms with van der Waals surface area (Å²) in [6.07, 6.45) is 2.34. The molecule has 1 heterocycles. The Labute approximate surface area is 166 Å². The van der Waals surface area contributed by atoms with E-state index in [1.54, 1.807) is 12.0 Å². The number of nitrogens with one attached hydrogen (secondary N) is 2. The smallest absolute Gasteiger partial charge is 0.224 e. The number of methoxy groups -OCH3 is 1. The van der Waals surface area contributed by atoms with Gasteiger partial charge in [0.05, 0.1) is 12.5 Å². The van der Waals surface area contributed by atoms with Crippen LogP contribution in [-0.4, -0.2) is 56.0 Å². The first-order valence-corrected chi connectivity index (χ1v) is 9.87. The highest BCUT2D eigenvalue weighted by molar-refractivity contribution is 5.81. The molecule has 1 aliphatic heterocycles. The van der Waals surface area contributed by atoms with Gasteiger partial charge >= 0.3 is 0 Å². The minimum Gasteiger partial charge on any atom is -0.385 e. The maximum Gasteiger partial charge on any atom is 0.224 e. The van der Waals surface area contributed by atoms with Crippen LogP contribution in [0.3, 0.4) is 0 Å². The molecule has 1 saturated heterocycles. The maximum atomic E-state index is 12.7. The number of carbonyl (C=O) groups is 3. The van der Waals surface area contributed by atoms with Gasteiger partial charge in [-0.1, -0.05) is 30.3 Å². The zero-order valence-corrected chi connectivity index (χ0v) is 16.8. The molecule has 1 aromatic carbocycles. The van der Waals surface area contributed by atoms with Crippen LogP contribution < -0.4 is 10.6 Å². The van der Waals surface area contributed by atoms with E-state index in [1.807, 2.05) is 30.3 Å². The second-order valence-electron chi connectivity index (χ2n) is 7.16. The lowest BCUT2D eigenvalue weighted by Crippen LogP contribution is -2.44. The lowest BCUT2D eigenvalue weighted by molar-refractivity contribution is -0.136. The lowest BCUT2D eigenvalue weighted by Gasteiger charge is -2.32. The van der Waals surface area contributed by atoms with Crippen LogP contribution in [0.5, 0.6) is 0 Å². The highest BCUT2D eigenvalue weighted by Gasteiger charge is 2.28. The molecule has 1 fully saturated rings. The van der Waals surface area contributed by atoms with Crippen LogP contribution in [0.25, 0.3) is 0 Å².